The molecule has 1 nitrogen and oxygen atoms in total. The van der Waals surface area contributed by atoms with E-state index in [0.717, 1.165) is 0 Å². The minimum absolute atomic E-state index is 0.675. The number of nitrogens with one attached hydrogen (secondary N) is 1. The minimum atomic E-state index is 0.675. The van der Waals surface area contributed by atoms with Crippen molar-refractivity contribution in [2.45, 2.75) is 44.6 Å². The first-order valence-corrected chi connectivity index (χ1v) is 7.17. The van der Waals surface area contributed by atoms with Crippen molar-refractivity contribution in [3.63, 3.8) is 0 Å². The molecule has 0 saturated heterocycles. The summed E-state index contributed by atoms with van der Waals surface area (Å²) in [5, 5.41) is 6.37. The van der Waals surface area contributed by atoms with Crippen molar-refractivity contribution >= 4 is 16.5 Å². The maximum atomic E-state index is 3.71. The van der Waals surface area contributed by atoms with E-state index in [1.807, 2.05) is 0 Å². The Balaban J connectivity index is 1.77. The lowest BCUT2D eigenvalue weighted by molar-refractivity contribution is 0.620. The molecule has 0 atom stereocenters. The van der Waals surface area contributed by atoms with E-state index in [1.165, 1.54) is 55.0 Å². The Kier molecular flexibility index (Phi) is 3.49. The fraction of sp³-hybridized carbons (Fsp3) is 0.412. The van der Waals surface area contributed by atoms with Crippen LogP contribution in [0, 0.1) is 0 Å². The van der Waals surface area contributed by atoms with Crippen molar-refractivity contribution in [3.05, 3.63) is 42.5 Å². The zero-order valence-electron chi connectivity index (χ0n) is 10.9. The van der Waals surface area contributed by atoms with Crippen LogP contribution in [0.1, 0.15) is 38.5 Å². The van der Waals surface area contributed by atoms with Crippen LogP contribution in [0.25, 0.3) is 10.8 Å². The summed E-state index contributed by atoms with van der Waals surface area (Å²) >= 11 is 0. The van der Waals surface area contributed by atoms with Gasteiger partial charge in [0.05, 0.1) is 0 Å². The summed E-state index contributed by atoms with van der Waals surface area (Å²) in [4.78, 5) is 0. The summed E-state index contributed by atoms with van der Waals surface area (Å²) in [7, 11) is 0. The number of anilines is 1. The molecule has 1 fully saturated rings. The van der Waals surface area contributed by atoms with Gasteiger partial charge in [0.25, 0.3) is 0 Å². The molecule has 1 aliphatic rings. The topological polar surface area (TPSA) is 12.0 Å². The SMILES string of the molecule is c1ccc2cc(NC3CCCCCC3)ccc2c1. The van der Waals surface area contributed by atoms with E-state index in [9.17, 15) is 0 Å². The summed E-state index contributed by atoms with van der Waals surface area (Å²) < 4.78 is 0. The maximum absolute atomic E-state index is 3.71. The highest BCUT2D eigenvalue weighted by Gasteiger charge is 2.11. The molecule has 2 aromatic rings. The lowest BCUT2D eigenvalue weighted by Gasteiger charge is -2.18. The predicted octanol–water partition coefficient (Wildman–Crippen LogP) is 4.97. The quantitative estimate of drug-likeness (QED) is 0.729. The highest BCUT2D eigenvalue weighted by atomic mass is 14.9. The minimum Gasteiger partial charge on any atom is -0.382 e. The predicted molar refractivity (Wildman–Crippen MR) is 79.1 cm³/mol. The first-order chi connectivity index (χ1) is 8.92. The Labute approximate surface area is 109 Å². The van der Waals surface area contributed by atoms with Crippen molar-refractivity contribution in [1.29, 1.82) is 0 Å². The van der Waals surface area contributed by atoms with E-state index in [4.69, 9.17) is 0 Å². The smallest absolute Gasteiger partial charge is 0.0348 e. The van der Waals surface area contributed by atoms with Crippen molar-refractivity contribution in [1.82, 2.24) is 0 Å². The second-order valence-electron chi connectivity index (χ2n) is 5.39. The third-order valence-corrected chi connectivity index (χ3v) is 3.98. The second kappa shape index (κ2) is 5.43. The van der Waals surface area contributed by atoms with Crippen LogP contribution >= 0.6 is 0 Å². The summed E-state index contributed by atoms with van der Waals surface area (Å²) in [6, 6.07) is 16.0. The second-order valence-corrected chi connectivity index (χ2v) is 5.39. The van der Waals surface area contributed by atoms with Crippen molar-refractivity contribution in [2.24, 2.45) is 0 Å². The largest absolute Gasteiger partial charge is 0.382 e. The molecule has 0 heterocycles. The van der Waals surface area contributed by atoms with E-state index >= 15 is 0 Å². The van der Waals surface area contributed by atoms with Crippen LogP contribution in [0.2, 0.25) is 0 Å². The third kappa shape index (κ3) is 2.66. The van der Waals surface area contributed by atoms with Gasteiger partial charge in [-0.15, -0.1) is 0 Å². The van der Waals surface area contributed by atoms with Crippen LogP contribution in [0.4, 0.5) is 5.69 Å². The van der Waals surface area contributed by atoms with Crippen LogP contribution in [0.3, 0.4) is 0 Å². The summed E-state index contributed by atoms with van der Waals surface area (Å²) in [5.74, 6) is 0. The molecule has 0 radical (unpaired) electrons. The molecule has 1 saturated carbocycles. The Morgan fingerprint density at radius 3 is 2.28 bits per heavy atom. The average molecular weight is 239 g/mol. The fourth-order valence-electron chi connectivity index (χ4n) is 2.94. The first-order valence-electron chi connectivity index (χ1n) is 7.17. The Hall–Kier alpha value is -1.50. The van der Waals surface area contributed by atoms with Gasteiger partial charge in [0.1, 0.15) is 0 Å². The van der Waals surface area contributed by atoms with Gasteiger partial charge < -0.3 is 5.32 Å². The van der Waals surface area contributed by atoms with Crippen LogP contribution in [-0.2, 0) is 0 Å². The molecule has 0 unspecified atom stereocenters. The van der Waals surface area contributed by atoms with E-state index in [2.05, 4.69) is 47.8 Å². The lowest BCUT2D eigenvalue weighted by Crippen LogP contribution is -2.18. The highest BCUT2D eigenvalue weighted by Crippen LogP contribution is 2.23. The van der Waals surface area contributed by atoms with Gasteiger partial charge >= 0.3 is 0 Å². The van der Waals surface area contributed by atoms with Gasteiger partial charge in [-0.1, -0.05) is 56.0 Å². The molecule has 0 amide bonds. The highest BCUT2D eigenvalue weighted by molar-refractivity contribution is 5.85. The van der Waals surface area contributed by atoms with Crippen molar-refractivity contribution in [3.8, 4) is 0 Å². The molecular formula is C17H21N. The van der Waals surface area contributed by atoms with Gasteiger partial charge in [-0.2, -0.15) is 0 Å². The normalized spacial score (nSPS) is 17.6. The van der Waals surface area contributed by atoms with Gasteiger partial charge in [0.2, 0.25) is 0 Å². The Bertz CT molecular complexity index is 510. The van der Waals surface area contributed by atoms with Gasteiger partial charge in [0.15, 0.2) is 0 Å². The van der Waals surface area contributed by atoms with Gasteiger partial charge in [-0.05, 0) is 35.7 Å². The van der Waals surface area contributed by atoms with Gasteiger partial charge in [-0.3, -0.25) is 0 Å². The molecule has 0 bridgehead atoms. The summed E-state index contributed by atoms with van der Waals surface area (Å²) in [6.07, 6.45) is 8.24. The van der Waals surface area contributed by atoms with E-state index in [-0.39, 0.29) is 0 Å². The van der Waals surface area contributed by atoms with Gasteiger partial charge in [0, 0.05) is 11.7 Å². The first kappa shape index (κ1) is 11.6. The fourth-order valence-corrected chi connectivity index (χ4v) is 2.94. The molecule has 94 valence electrons. The Morgan fingerprint density at radius 1 is 0.778 bits per heavy atom. The number of fused-ring (bicyclic) bond motifs is 1. The molecule has 1 heteroatoms. The number of hydrogen-bond donors (Lipinski definition) is 1. The van der Waals surface area contributed by atoms with Crippen LogP contribution < -0.4 is 5.32 Å². The zero-order valence-corrected chi connectivity index (χ0v) is 10.9. The molecular weight excluding hydrogens is 218 g/mol. The molecule has 2 aromatic carbocycles. The molecule has 3 rings (SSSR count). The van der Waals surface area contributed by atoms with Crippen molar-refractivity contribution in [2.75, 3.05) is 5.32 Å². The zero-order chi connectivity index (χ0) is 12.2. The van der Waals surface area contributed by atoms with Gasteiger partial charge in [-0.25, -0.2) is 0 Å². The standard InChI is InChI=1S/C17H21N/c1-2-4-10-16(9-3-1)18-17-12-11-14-7-5-6-8-15(14)13-17/h5-8,11-13,16,18H,1-4,9-10H2. The van der Waals surface area contributed by atoms with Crippen molar-refractivity contribution < 1.29 is 0 Å². The van der Waals surface area contributed by atoms with Crippen LogP contribution in [0.5, 0.6) is 0 Å². The molecule has 0 aliphatic heterocycles. The number of hydrogen-bond acceptors (Lipinski definition) is 1. The van der Waals surface area contributed by atoms with E-state index in [1.54, 1.807) is 0 Å². The monoisotopic (exact) mass is 239 g/mol. The summed E-state index contributed by atoms with van der Waals surface area (Å²) in [5.41, 5.74) is 1.28. The average Bonchev–Trinajstić information content (AvgIpc) is 2.67. The van der Waals surface area contributed by atoms with E-state index < -0.39 is 0 Å². The summed E-state index contributed by atoms with van der Waals surface area (Å²) in [6.45, 7) is 0. The molecule has 0 aromatic heterocycles. The number of rotatable bonds is 2. The van der Waals surface area contributed by atoms with E-state index in [0.29, 0.717) is 6.04 Å². The molecule has 18 heavy (non-hydrogen) atoms. The maximum Gasteiger partial charge on any atom is 0.0348 e. The van der Waals surface area contributed by atoms with Crippen LogP contribution in [-0.4, -0.2) is 6.04 Å². The number of benzene rings is 2. The van der Waals surface area contributed by atoms with Crippen LogP contribution in [0.15, 0.2) is 42.5 Å². The lowest BCUT2D eigenvalue weighted by atomic mass is 10.1. The molecule has 1 aliphatic carbocycles. The third-order valence-electron chi connectivity index (χ3n) is 3.98. The molecule has 0 spiro atoms. The Morgan fingerprint density at radius 2 is 1.50 bits per heavy atom. The molecule has 1 N–H and O–H groups in total.